The average molecular weight is 385 g/mol. The maximum Gasteiger partial charge on any atom is 0.132 e. The van der Waals surface area contributed by atoms with Gasteiger partial charge in [0.15, 0.2) is 0 Å². The molecule has 7 heteroatoms. The first-order valence-corrected chi connectivity index (χ1v) is 9.68. The van der Waals surface area contributed by atoms with Gasteiger partial charge in [0.2, 0.25) is 0 Å². The third-order valence-electron chi connectivity index (χ3n) is 4.80. The van der Waals surface area contributed by atoms with E-state index >= 15 is 0 Å². The van der Waals surface area contributed by atoms with E-state index in [0.717, 1.165) is 51.9 Å². The lowest BCUT2D eigenvalue weighted by molar-refractivity contribution is 0.0650. The van der Waals surface area contributed by atoms with Gasteiger partial charge in [-0.15, -0.1) is 11.3 Å². The van der Waals surface area contributed by atoms with Gasteiger partial charge >= 0.3 is 0 Å². The van der Waals surface area contributed by atoms with E-state index in [1.807, 2.05) is 12.1 Å². The normalized spacial score (nSPS) is 15.4. The molecule has 1 aliphatic carbocycles. The number of hydrogen-bond acceptors (Lipinski definition) is 7. The van der Waals surface area contributed by atoms with Crippen molar-refractivity contribution in [3.63, 3.8) is 0 Å². The minimum absolute atomic E-state index is 0.359. The summed E-state index contributed by atoms with van der Waals surface area (Å²) in [6.45, 7) is 0. The summed E-state index contributed by atoms with van der Waals surface area (Å²) >= 11 is 1.58. The molecule has 0 spiro atoms. The van der Waals surface area contributed by atoms with Crippen LogP contribution in [0.1, 0.15) is 35.8 Å². The van der Waals surface area contributed by atoms with Gasteiger partial charge in [0.1, 0.15) is 10.6 Å². The SMILES string of the molecule is CN=Cc1cc(-c2ccc3cc(C(O)C4CCC4)sc3n2)cnc1N.CO. The fourth-order valence-corrected chi connectivity index (χ4v) is 4.22. The van der Waals surface area contributed by atoms with E-state index in [1.54, 1.807) is 30.8 Å². The second-order valence-electron chi connectivity index (χ2n) is 6.46. The molecule has 3 aromatic rings. The maximum atomic E-state index is 10.5. The van der Waals surface area contributed by atoms with Crippen molar-refractivity contribution in [2.24, 2.45) is 10.9 Å². The van der Waals surface area contributed by atoms with Crippen LogP contribution in [0.25, 0.3) is 21.5 Å². The number of rotatable bonds is 4. The van der Waals surface area contributed by atoms with E-state index in [0.29, 0.717) is 11.7 Å². The van der Waals surface area contributed by atoms with Crippen molar-refractivity contribution in [1.29, 1.82) is 0 Å². The number of anilines is 1. The zero-order chi connectivity index (χ0) is 19.4. The van der Waals surface area contributed by atoms with Crippen LogP contribution in [0, 0.1) is 5.92 Å². The zero-order valence-corrected chi connectivity index (χ0v) is 16.3. The Hall–Kier alpha value is -2.35. The molecule has 27 heavy (non-hydrogen) atoms. The topological polar surface area (TPSA) is 105 Å². The van der Waals surface area contributed by atoms with Crippen molar-refractivity contribution < 1.29 is 10.2 Å². The molecule has 1 unspecified atom stereocenters. The predicted molar refractivity (Wildman–Crippen MR) is 111 cm³/mol. The molecule has 1 aliphatic rings. The van der Waals surface area contributed by atoms with Crippen molar-refractivity contribution in [3.05, 3.63) is 40.9 Å². The highest BCUT2D eigenvalue weighted by atomic mass is 32.1. The van der Waals surface area contributed by atoms with E-state index < -0.39 is 0 Å². The molecular formula is C20H24N4O2S. The van der Waals surface area contributed by atoms with Gasteiger partial charge in [-0.1, -0.05) is 6.42 Å². The van der Waals surface area contributed by atoms with Crippen LogP contribution >= 0.6 is 11.3 Å². The predicted octanol–water partition coefficient (Wildman–Crippen LogP) is 3.43. The first-order valence-electron chi connectivity index (χ1n) is 8.87. The highest BCUT2D eigenvalue weighted by Gasteiger charge is 2.28. The third kappa shape index (κ3) is 4.00. The van der Waals surface area contributed by atoms with Crippen LogP contribution in [-0.2, 0) is 0 Å². The Morgan fingerprint density at radius 2 is 2.07 bits per heavy atom. The molecular weight excluding hydrogens is 360 g/mol. The van der Waals surface area contributed by atoms with E-state index in [1.165, 1.54) is 6.42 Å². The molecule has 1 saturated carbocycles. The van der Waals surface area contributed by atoms with Crippen LogP contribution in [-0.4, -0.2) is 40.6 Å². The molecule has 1 atom stereocenters. The average Bonchev–Trinajstić information content (AvgIpc) is 3.07. The molecule has 0 amide bonds. The van der Waals surface area contributed by atoms with Crippen LogP contribution in [0.4, 0.5) is 5.82 Å². The summed E-state index contributed by atoms with van der Waals surface area (Å²) in [5, 5.41) is 18.6. The van der Waals surface area contributed by atoms with Crippen molar-refractivity contribution in [2.75, 3.05) is 19.9 Å². The number of aliphatic hydroxyl groups is 2. The Balaban J connectivity index is 0.00000102. The lowest BCUT2D eigenvalue weighted by Gasteiger charge is -2.29. The second-order valence-corrected chi connectivity index (χ2v) is 7.52. The van der Waals surface area contributed by atoms with Gasteiger partial charge in [0, 0.05) is 48.0 Å². The lowest BCUT2D eigenvalue weighted by atomic mass is 9.80. The molecule has 3 aromatic heterocycles. The Bertz CT molecular complexity index is 950. The third-order valence-corrected chi connectivity index (χ3v) is 5.92. The molecule has 1 fully saturated rings. The first-order chi connectivity index (χ1) is 13.2. The molecule has 3 heterocycles. The minimum Gasteiger partial charge on any atom is -0.400 e. The van der Waals surface area contributed by atoms with Crippen LogP contribution in [0.5, 0.6) is 0 Å². The van der Waals surface area contributed by atoms with E-state index in [2.05, 4.69) is 22.1 Å². The van der Waals surface area contributed by atoms with E-state index in [9.17, 15) is 5.11 Å². The van der Waals surface area contributed by atoms with Crippen LogP contribution in [0.3, 0.4) is 0 Å². The minimum atomic E-state index is -0.359. The number of fused-ring (bicyclic) bond motifs is 1. The number of aliphatic imine (C=N–C) groups is 1. The van der Waals surface area contributed by atoms with Gasteiger partial charge in [0.05, 0.1) is 11.8 Å². The van der Waals surface area contributed by atoms with E-state index in [4.69, 9.17) is 15.8 Å². The van der Waals surface area contributed by atoms with Crippen molar-refractivity contribution in [2.45, 2.75) is 25.4 Å². The van der Waals surface area contributed by atoms with Gasteiger partial charge in [0.25, 0.3) is 0 Å². The summed E-state index contributed by atoms with van der Waals surface area (Å²) in [5.74, 6) is 0.863. The highest BCUT2D eigenvalue weighted by molar-refractivity contribution is 7.18. The van der Waals surface area contributed by atoms with Gasteiger partial charge in [-0.05, 0) is 43.0 Å². The number of hydrogen-bond donors (Lipinski definition) is 3. The largest absolute Gasteiger partial charge is 0.400 e. The summed E-state index contributed by atoms with van der Waals surface area (Å²) in [6, 6.07) is 8.04. The van der Waals surface area contributed by atoms with Crippen molar-refractivity contribution >= 4 is 33.6 Å². The molecule has 0 saturated heterocycles. The zero-order valence-electron chi connectivity index (χ0n) is 15.5. The number of aromatic nitrogens is 2. The number of aliphatic hydroxyl groups excluding tert-OH is 2. The van der Waals surface area contributed by atoms with Crippen LogP contribution in [0.15, 0.2) is 35.5 Å². The first kappa shape index (κ1) is 19.4. The molecule has 4 N–H and O–H groups in total. The summed E-state index contributed by atoms with van der Waals surface area (Å²) in [6.07, 6.45) is 6.53. The monoisotopic (exact) mass is 384 g/mol. The quantitative estimate of drug-likeness (QED) is 0.598. The Morgan fingerprint density at radius 3 is 2.74 bits per heavy atom. The molecule has 4 rings (SSSR count). The highest BCUT2D eigenvalue weighted by Crippen LogP contribution is 2.41. The van der Waals surface area contributed by atoms with Gasteiger partial charge in [-0.2, -0.15) is 0 Å². The summed E-state index contributed by atoms with van der Waals surface area (Å²) in [4.78, 5) is 15.0. The fraction of sp³-hybridized carbons (Fsp3) is 0.350. The Morgan fingerprint density at radius 1 is 1.30 bits per heavy atom. The summed E-state index contributed by atoms with van der Waals surface area (Å²) < 4.78 is 0. The van der Waals surface area contributed by atoms with Crippen molar-refractivity contribution in [3.8, 4) is 11.3 Å². The molecule has 0 aliphatic heterocycles. The van der Waals surface area contributed by atoms with Gasteiger partial charge in [-0.25, -0.2) is 9.97 Å². The molecule has 0 radical (unpaired) electrons. The summed E-state index contributed by atoms with van der Waals surface area (Å²) in [7, 11) is 2.71. The number of nitrogen functional groups attached to an aromatic ring is 1. The van der Waals surface area contributed by atoms with Gasteiger partial charge in [-0.3, -0.25) is 4.99 Å². The van der Waals surface area contributed by atoms with E-state index in [-0.39, 0.29) is 6.10 Å². The molecule has 142 valence electrons. The van der Waals surface area contributed by atoms with Gasteiger partial charge < -0.3 is 15.9 Å². The molecule has 0 aromatic carbocycles. The number of nitrogens with two attached hydrogens (primary N) is 1. The lowest BCUT2D eigenvalue weighted by Crippen LogP contribution is -2.19. The Labute approximate surface area is 162 Å². The Kier molecular flexibility index (Phi) is 6.15. The van der Waals surface area contributed by atoms with Crippen molar-refractivity contribution in [1.82, 2.24) is 9.97 Å². The number of pyridine rings is 2. The smallest absolute Gasteiger partial charge is 0.132 e. The molecule has 6 nitrogen and oxygen atoms in total. The van der Waals surface area contributed by atoms with Crippen LogP contribution in [0.2, 0.25) is 0 Å². The molecule has 0 bridgehead atoms. The number of nitrogens with zero attached hydrogens (tertiary/aromatic N) is 3. The number of thiophene rings is 1. The fourth-order valence-electron chi connectivity index (χ4n) is 3.11. The standard InChI is InChI=1S/C19H20N4OS.CH4O/c1-21-9-14-7-13(10-22-18(14)20)15-6-5-12-8-16(25-19(12)23-15)17(24)11-3-2-4-11;1-2/h5-11,17,24H,2-4H2,1H3,(H2,20,22);2H,1H3. The summed E-state index contributed by atoms with van der Waals surface area (Å²) in [5.41, 5.74) is 8.41. The van der Waals surface area contributed by atoms with Crippen LogP contribution < -0.4 is 5.73 Å². The second kappa shape index (κ2) is 8.56. The maximum absolute atomic E-state index is 10.5.